The fourth-order valence-corrected chi connectivity index (χ4v) is 4.02. The van der Waals surface area contributed by atoms with E-state index in [1.165, 1.54) is 12.4 Å². The highest BCUT2D eigenvalue weighted by Gasteiger charge is 2.30. The van der Waals surface area contributed by atoms with Gasteiger partial charge in [-0.2, -0.15) is 5.26 Å². The van der Waals surface area contributed by atoms with Gasteiger partial charge in [-0.3, -0.25) is 14.8 Å². The molecule has 3 aromatic heterocycles. The Bertz CT molecular complexity index is 1210. The molecule has 0 radical (unpaired) electrons. The van der Waals surface area contributed by atoms with Crippen LogP contribution in [0.15, 0.2) is 48.9 Å². The van der Waals surface area contributed by atoms with Crippen molar-refractivity contribution < 1.29 is 13.9 Å². The summed E-state index contributed by atoms with van der Waals surface area (Å²) >= 11 is 0. The third-order valence-electron chi connectivity index (χ3n) is 5.87. The summed E-state index contributed by atoms with van der Waals surface area (Å²) in [6.07, 6.45) is 4.37. The van der Waals surface area contributed by atoms with Crippen LogP contribution in [0.5, 0.6) is 0 Å². The van der Waals surface area contributed by atoms with Gasteiger partial charge in [-0.05, 0) is 36.2 Å². The third kappa shape index (κ3) is 5.88. The van der Waals surface area contributed by atoms with Crippen LogP contribution < -0.4 is 16.0 Å². The summed E-state index contributed by atoms with van der Waals surface area (Å²) in [5.74, 6) is -0.0126. The van der Waals surface area contributed by atoms with Crippen LogP contribution in [-0.4, -0.2) is 53.3 Å². The minimum Gasteiger partial charge on any atom is -0.380 e. The van der Waals surface area contributed by atoms with Gasteiger partial charge in [-0.1, -0.05) is 6.07 Å². The molecule has 0 aromatic carbocycles. The van der Waals surface area contributed by atoms with E-state index >= 15 is 4.39 Å². The Hall–Kier alpha value is -4.10. The maximum absolute atomic E-state index is 15.2. The molecule has 0 bridgehead atoms. The number of carbonyl (C=O) groups excluding carboxylic acids is 1. The highest BCUT2D eigenvalue weighted by molar-refractivity contribution is 5.98. The van der Waals surface area contributed by atoms with Crippen molar-refractivity contribution in [2.45, 2.75) is 31.7 Å². The SMILES string of the molecule is COCc1ccc(Cc2cc(N[C@@H]3CCN(c4ccc(C#N)cn4)C[C@@H]3F)c(C(N)=O)cn2)nc1. The van der Waals surface area contributed by atoms with Crippen LogP contribution in [0.1, 0.15) is 39.3 Å². The first-order valence-corrected chi connectivity index (χ1v) is 11.2. The number of nitriles is 1. The number of hydrogen-bond donors (Lipinski definition) is 2. The van der Waals surface area contributed by atoms with Crippen molar-refractivity contribution >= 4 is 17.4 Å². The molecule has 0 spiro atoms. The number of nitrogens with two attached hydrogens (primary N) is 1. The molecule has 2 atom stereocenters. The van der Waals surface area contributed by atoms with E-state index < -0.39 is 18.1 Å². The molecule has 35 heavy (non-hydrogen) atoms. The number of hydrogen-bond acceptors (Lipinski definition) is 8. The number of ether oxygens (including phenoxy) is 1. The minimum atomic E-state index is -1.21. The lowest BCUT2D eigenvalue weighted by Gasteiger charge is -2.36. The molecule has 4 rings (SSSR count). The second-order valence-corrected chi connectivity index (χ2v) is 8.37. The van der Waals surface area contributed by atoms with Crippen molar-refractivity contribution in [3.63, 3.8) is 0 Å². The van der Waals surface area contributed by atoms with E-state index in [9.17, 15) is 4.79 Å². The molecular weight excluding hydrogens is 449 g/mol. The number of pyridine rings is 3. The summed E-state index contributed by atoms with van der Waals surface area (Å²) < 4.78 is 20.3. The fraction of sp³-hybridized carbons (Fsp3) is 0.320. The molecule has 1 saturated heterocycles. The van der Waals surface area contributed by atoms with Crippen LogP contribution in [-0.2, 0) is 17.8 Å². The van der Waals surface area contributed by atoms with E-state index in [1.54, 1.807) is 31.5 Å². The van der Waals surface area contributed by atoms with E-state index in [2.05, 4.69) is 20.3 Å². The second kappa shape index (κ2) is 10.9. The van der Waals surface area contributed by atoms with E-state index in [1.807, 2.05) is 23.1 Å². The van der Waals surface area contributed by atoms with Gasteiger partial charge in [-0.25, -0.2) is 9.37 Å². The highest BCUT2D eigenvalue weighted by atomic mass is 19.1. The quantitative estimate of drug-likeness (QED) is 0.509. The van der Waals surface area contributed by atoms with Gasteiger partial charge in [0.15, 0.2) is 0 Å². The Morgan fingerprint density at radius 2 is 2.06 bits per heavy atom. The zero-order valence-electron chi connectivity index (χ0n) is 19.3. The van der Waals surface area contributed by atoms with Crippen molar-refractivity contribution in [2.24, 2.45) is 5.73 Å². The van der Waals surface area contributed by atoms with Gasteiger partial charge in [0, 0.05) is 50.1 Å². The van der Waals surface area contributed by atoms with Crippen LogP contribution >= 0.6 is 0 Å². The molecule has 10 heteroatoms. The Labute approximate surface area is 202 Å². The summed E-state index contributed by atoms with van der Waals surface area (Å²) in [5.41, 5.74) is 9.12. The molecule has 1 amide bonds. The summed E-state index contributed by atoms with van der Waals surface area (Å²) in [6.45, 7) is 1.19. The lowest BCUT2D eigenvalue weighted by molar-refractivity contribution is 0.100. The maximum atomic E-state index is 15.2. The number of carbonyl (C=O) groups is 1. The minimum absolute atomic E-state index is 0.137. The average molecular weight is 476 g/mol. The molecule has 1 aliphatic rings. The third-order valence-corrected chi connectivity index (χ3v) is 5.87. The van der Waals surface area contributed by atoms with Gasteiger partial charge in [0.1, 0.15) is 18.1 Å². The first-order chi connectivity index (χ1) is 17.0. The largest absolute Gasteiger partial charge is 0.380 e. The average Bonchev–Trinajstić information content (AvgIpc) is 2.87. The number of nitrogens with zero attached hydrogens (tertiary/aromatic N) is 5. The molecule has 3 N–H and O–H groups in total. The summed E-state index contributed by atoms with van der Waals surface area (Å²) in [6, 6.07) is 10.5. The van der Waals surface area contributed by atoms with Gasteiger partial charge in [0.25, 0.3) is 5.91 Å². The van der Waals surface area contributed by atoms with Crippen molar-refractivity contribution in [1.82, 2.24) is 15.0 Å². The van der Waals surface area contributed by atoms with Crippen molar-refractivity contribution in [3.8, 4) is 6.07 Å². The van der Waals surface area contributed by atoms with E-state index in [4.69, 9.17) is 15.7 Å². The summed E-state index contributed by atoms with van der Waals surface area (Å²) in [5, 5.41) is 12.1. The number of amides is 1. The molecule has 3 aromatic rings. The molecule has 4 heterocycles. The normalized spacial score (nSPS) is 17.6. The number of anilines is 2. The van der Waals surface area contributed by atoms with E-state index in [0.29, 0.717) is 48.8 Å². The fourth-order valence-electron chi connectivity index (χ4n) is 4.02. The molecule has 9 nitrogen and oxygen atoms in total. The van der Waals surface area contributed by atoms with Gasteiger partial charge >= 0.3 is 0 Å². The Morgan fingerprint density at radius 3 is 2.69 bits per heavy atom. The van der Waals surface area contributed by atoms with Crippen molar-refractivity contribution in [1.29, 1.82) is 5.26 Å². The first kappa shape index (κ1) is 24.0. The Balaban J connectivity index is 1.46. The molecule has 1 fully saturated rings. The highest BCUT2D eigenvalue weighted by Crippen LogP contribution is 2.25. The molecule has 1 aliphatic heterocycles. The Kier molecular flexibility index (Phi) is 7.48. The number of rotatable bonds is 8. The van der Waals surface area contributed by atoms with Crippen LogP contribution in [0.3, 0.4) is 0 Å². The van der Waals surface area contributed by atoms with Gasteiger partial charge in [-0.15, -0.1) is 0 Å². The predicted octanol–water partition coefficient (Wildman–Crippen LogP) is 2.61. The number of nitrogens with one attached hydrogen (secondary N) is 1. The van der Waals surface area contributed by atoms with Crippen molar-refractivity contribution in [2.75, 3.05) is 30.4 Å². The monoisotopic (exact) mass is 475 g/mol. The van der Waals surface area contributed by atoms with Crippen LogP contribution in [0.2, 0.25) is 0 Å². The predicted molar refractivity (Wildman–Crippen MR) is 129 cm³/mol. The molecular formula is C25H26FN7O2. The molecule has 180 valence electrons. The standard InChI is InChI=1S/C25H26FN7O2/c1-35-15-17-2-4-18(29-12-17)8-19-9-23(20(13-30-19)25(28)34)32-22-6-7-33(14-21(22)26)24-5-3-16(10-27)11-31-24/h2-5,9,11-13,21-22H,6-8,14-15H2,1H3,(H2,28,34)(H,30,32)/t21-,22+/m0/s1. The second-order valence-electron chi connectivity index (χ2n) is 8.37. The maximum Gasteiger partial charge on any atom is 0.252 e. The lowest BCUT2D eigenvalue weighted by atomic mass is 10.0. The van der Waals surface area contributed by atoms with E-state index in [0.717, 1.165) is 11.3 Å². The van der Waals surface area contributed by atoms with Crippen molar-refractivity contribution in [3.05, 3.63) is 77.0 Å². The molecule has 0 aliphatic carbocycles. The molecule has 0 saturated carbocycles. The van der Waals surface area contributed by atoms with Crippen LogP contribution in [0, 0.1) is 11.3 Å². The van der Waals surface area contributed by atoms with Gasteiger partial charge < -0.3 is 20.7 Å². The number of primary amides is 1. The lowest BCUT2D eigenvalue weighted by Crippen LogP contribution is -2.48. The van der Waals surface area contributed by atoms with E-state index in [-0.39, 0.29) is 12.1 Å². The number of halogens is 1. The van der Waals surface area contributed by atoms with Gasteiger partial charge in [0.05, 0.1) is 36.0 Å². The Morgan fingerprint density at radius 1 is 1.23 bits per heavy atom. The number of aromatic nitrogens is 3. The topological polar surface area (TPSA) is 130 Å². The number of alkyl halides is 1. The summed E-state index contributed by atoms with van der Waals surface area (Å²) in [7, 11) is 1.63. The van der Waals surface area contributed by atoms with Crippen LogP contribution in [0.4, 0.5) is 15.9 Å². The smallest absolute Gasteiger partial charge is 0.252 e. The number of methoxy groups -OCH3 is 1. The first-order valence-electron chi connectivity index (χ1n) is 11.2. The molecule has 0 unspecified atom stereocenters. The van der Waals surface area contributed by atoms with Crippen LogP contribution in [0.25, 0.3) is 0 Å². The number of piperidine rings is 1. The zero-order valence-corrected chi connectivity index (χ0v) is 19.3. The van der Waals surface area contributed by atoms with Gasteiger partial charge in [0.2, 0.25) is 0 Å². The zero-order chi connectivity index (χ0) is 24.8. The summed E-state index contributed by atoms with van der Waals surface area (Å²) in [4.78, 5) is 26.9.